The number of hydrogen-bond acceptors (Lipinski definition) is 1. The molecule has 118 valence electrons. The van der Waals surface area contributed by atoms with Gasteiger partial charge in [-0.05, 0) is 54.2 Å². The molecule has 2 N–H and O–H groups in total. The molecule has 1 atom stereocenters. The van der Waals surface area contributed by atoms with Crippen molar-refractivity contribution < 1.29 is 0 Å². The van der Waals surface area contributed by atoms with E-state index < -0.39 is 0 Å². The van der Waals surface area contributed by atoms with Crippen LogP contribution in [0.2, 0.25) is 0 Å². The molecule has 0 heterocycles. The van der Waals surface area contributed by atoms with Gasteiger partial charge >= 0.3 is 0 Å². The molecule has 1 aliphatic carbocycles. The predicted molar refractivity (Wildman–Crippen MR) is 95.5 cm³/mol. The fourth-order valence-corrected chi connectivity index (χ4v) is 3.62. The molecule has 0 radical (unpaired) electrons. The maximum atomic E-state index is 6.04. The highest BCUT2D eigenvalue weighted by Gasteiger charge is 2.35. The minimum atomic E-state index is 0.334. The van der Waals surface area contributed by atoms with Crippen molar-refractivity contribution in [2.75, 3.05) is 0 Å². The van der Waals surface area contributed by atoms with Gasteiger partial charge in [0.1, 0.15) is 0 Å². The van der Waals surface area contributed by atoms with E-state index in [9.17, 15) is 0 Å². The summed E-state index contributed by atoms with van der Waals surface area (Å²) >= 11 is 0. The van der Waals surface area contributed by atoms with Gasteiger partial charge in [0.25, 0.3) is 0 Å². The normalized spacial score (nSPS) is 19.2. The second-order valence-corrected chi connectivity index (χ2v) is 6.67. The first-order valence-corrected chi connectivity index (χ1v) is 8.45. The summed E-state index contributed by atoms with van der Waals surface area (Å²) in [5, 5.41) is 0. The zero-order valence-electron chi connectivity index (χ0n) is 14.8. The Balaban J connectivity index is 0.00000106. The van der Waals surface area contributed by atoms with Crippen LogP contribution in [0.4, 0.5) is 0 Å². The van der Waals surface area contributed by atoms with E-state index >= 15 is 0 Å². The Morgan fingerprint density at radius 3 is 2.48 bits per heavy atom. The Morgan fingerprint density at radius 1 is 1.33 bits per heavy atom. The molecule has 1 aromatic rings. The molecule has 1 heteroatoms. The molecule has 1 unspecified atom stereocenters. The molecule has 0 aliphatic heterocycles. The Bertz CT molecular complexity index is 497. The van der Waals surface area contributed by atoms with Gasteiger partial charge in [0.05, 0.1) is 0 Å². The summed E-state index contributed by atoms with van der Waals surface area (Å²) in [5.74, 6) is 0.593. The van der Waals surface area contributed by atoms with Gasteiger partial charge in [0, 0.05) is 11.3 Å². The zero-order valence-corrected chi connectivity index (χ0v) is 14.8. The SMILES string of the molecule is C=C(N)c1ccc2c(C)c1C(CCC)C(C)(C)CC2.CC. The molecule has 2 rings (SSSR count). The van der Waals surface area contributed by atoms with Crippen molar-refractivity contribution >= 4 is 5.70 Å². The molecule has 1 nitrogen and oxygen atoms in total. The molecule has 0 saturated heterocycles. The second-order valence-electron chi connectivity index (χ2n) is 6.67. The molecule has 0 amide bonds. The van der Waals surface area contributed by atoms with Crippen molar-refractivity contribution in [3.8, 4) is 0 Å². The van der Waals surface area contributed by atoms with Crippen LogP contribution in [0.25, 0.3) is 5.70 Å². The Labute approximate surface area is 131 Å². The van der Waals surface area contributed by atoms with E-state index in [0.717, 1.165) is 0 Å². The lowest BCUT2D eigenvalue weighted by atomic mass is 9.70. The lowest BCUT2D eigenvalue weighted by Gasteiger charge is -2.35. The molecule has 0 spiro atoms. The number of fused-ring (bicyclic) bond motifs is 2. The summed E-state index contributed by atoms with van der Waals surface area (Å²) in [5.41, 5.74) is 12.7. The summed E-state index contributed by atoms with van der Waals surface area (Å²) in [6, 6.07) is 4.43. The van der Waals surface area contributed by atoms with Gasteiger partial charge in [-0.3, -0.25) is 0 Å². The van der Waals surface area contributed by atoms with E-state index in [1.807, 2.05) is 13.8 Å². The fourth-order valence-electron chi connectivity index (χ4n) is 3.62. The van der Waals surface area contributed by atoms with E-state index in [4.69, 9.17) is 5.73 Å². The van der Waals surface area contributed by atoms with Crippen LogP contribution in [-0.4, -0.2) is 0 Å². The molecule has 1 aromatic carbocycles. The lowest BCUT2D eigenvalue weighted by molar-refractivity contribution is 0.253. The van der Waals surface area contributed by atoms with Crippen LogP contribution >= 0.6 is 0 Å². The number of rotatable bonds is 3. The third-order valence-corrected chi connectivity index (χ3v) is 4.88. The zero-order chi connectivity index (χ0) is 16.2. The van der Waals surface area contributed by atoms with E-state index in [1.54, 1.807) is 0 Å². The molecule has 0 aromatic heterocycles. The van der Waals surface area contributed by atoms with E-state index in [-0.39, 0.29) is 0 Å². The first kappa shape index (κ1) is 17.8. The Kier molecular flexibility index (Phi) is 6.07. The van der Waals surface area contributed by atoms with Crippen LogP contribution in [0.15, 0.2) is 18.7 Å². The molecule has 21 heavy (non-hydrogen) atoms. The summed E-state index contributed by atoms with van der Waals surface area (Å²) in [6.07, 6.45) is 4.89. The fraction of sp³-hybridized carbons (Fsp3) is 0.600. The monoisotopic (exact) mass is 287 g/mol. The number of nitrogens with two attached hydrogens (primary N) is 1. The van der Waals surface area contributed by atoms with Gasteiger partial charge in [-0.2, -0.15) is 0 Å². The van der Waals surface area contributed by atoms with E-state index in [1.165, 1.54) is 47.9 Å². The van der Waals surface area contributed by atoms with Crippen molar-refractivity contribution in [3.63, 3.8) is 0 Å². The van der Waals surface area contributed by atoms with Gasteiger partial charge in [-0.25, -0.2) is 0 Å². The van der Waals surface area contributed by atoms with Crippen LogP contribution in [0.1, 0.15) is 82.1 Å². The summed E-state index contributed by atoms with van der Waals surface area (Å²) in [4.78, 5) is 0. The lowest BCUT2D eigenvalue weighted by Crippen LogP contribution is -2.23. The van der Waals surface area contributed by atoms with Crippen molar-refractivity contribution in [3.05, 3.63) is 41.0 Å². The molecule has 2 bridgehead atoms. The van der Waals surface area contributed by atoms with E-state index in [0.29, 0.717) is 17.0 Å². The molecule has 1 aliphatic rings. The van der Waals surface area contributed by atoms with Gasteiger partial charge < -0.3 is 5.73 Å². The quantitative estimate of drug-likeness (QED) is 0.746. The van der Waals surface area contributed by atoms with Gasteiger partial charge in [-0.1, -0.05) is 59.8 Å². The van der Waals surface area contributed by atoms with Gasteiger partial charge in [0.15, 0.2) is 0 Å². The number of benzene rings is 1. The summed E-state index contributed by atoms with van der Waals surface area (Å²) in [7, 11) is 0. The van der Waals surface area contributed by atoms with Crippen molar-refractivity contribution in [1.29, 1.82) is 0 Å². The number of hydrogen-bond donors (Lipinski definition) is 1. The Hall–Kier alpha value is -1.24. The predicted octanol–water partition coefficient (Wildman–Crippen LogP) is 5.81. The highest BCUT2D eigenvalue weighted by atomic mass is 14.6. The van der Waals surface area contributed by atoms with Crippen molar-refractivity contribution in [2.24, 2.45) is 11.1 Å². The standard InChI is InChI=1S/C18H27N.C2H6/c1-6-7-16-17-12(2)14(10-11-18(16,4)5)8-9-15(17)13(3)19;1-2/h8-9,16H,3,6-7,10-11,19H2,1-2,4-5H3;1-2H3. The largest absolute Gasteiger partial charge is 0.399 e. The molecule has 0 fully saturated rings. The highest BCUT2D eigenvalue weighted by molar-refractivity contribution is 5.67. The number of aryl methyl sites for hydroxylation is 1. The van der Waals surface area contributed by atoms with Crippen molar-refractivity contribution in [1.82, 2.24) is 0 Å². The van der Waals surface area contributed by atoms with Crippen LogP contribution in [0.3, 0.4) is 0 Å². The first-order chi connectivity index (χ1) is 9.88. The second kappa shape index (κ2) is 7.15. The maximum absolute atomic E-state index is 6.04. The smallest absolute Gasteiger partial charge is 0.0317 e. The molecule has 0 saturated carbocycles. The van der Waals surface area contributed by atoms with E-state index in [2.05, 4.69) is 46.4 Å². The van der Waals surface area contributed by atoms with Gasteiger partial charge in [0.2, 0.25) is 0 Å². The maximum Gasteiger partial charge on any atom is 0.0317 e. The van der Waals surface area contributed by atoms with Gasteiger partial charge in [-0.15, -0.1) is 0 Å². The third kappa shape index (κ3) is 3.51. The van der Waals surface area contributed by atoms with Crippen LogP contribution in [0.5, 0.6) is 0 Å². The molecular formula is C20H33N. The topological polar surface area (TPSA) is 26.0 Å². The highest BCUT2D eigenvalue weighted by Crippen LogP contribution is 2.48. The average Bonchev–Trinajstić information content (AvgIpc) is 2.50. The summed E-state index contributed by atoms with van der Waals surface area (Å²) < 4.78 is 0. The van der Waals surface area contributed by atoms with Crippen LogP contribution in [-0.2, 0) is 6.42 Å². The first-order valence-electron chi connectivity index (χ1n) is 8.45. The average molecular weight is 287 g/mol. The minimum Gasteiger partial charge on any atom is -0.399 e. The van der Waals surface area contributed by atoms with Crippen LogP contribution in [0, 0.1) is 12.3 Å². The molecular weight excluding hydrogens is 254 g/mol. The van der Waals surface area contributed by atoms with Crippen LogP contribution < -0.4 is 5.73 Å². The third-order valence-electron chi connectivity index (χ3n) is 4.88. The Morgan fingerprint density at radius 2 is 1.95 bits per heavy atom. The van der Waals surface area contributed by atoms with Crippen molar-refractivity contribution in [2.45, 2.75) is 73.1 Å². The summed E-state index contributed by atoms with van der Waals surface area (Å²) in [6.45, 7) is 17.3. The minimum absolute atomic E-state index is 0.334.